The predicted molar refractivity (Wildman–Crippen MR) is 81.5 cm³/mol. The van der Waals surface area contributed by atoms with Gasteiger partial charge in [-0.1, -0.05) is 13.8 Å². The first-order chi connectivity index (χ1) is 9.06. The molecule has 0 bridgehead atoms. The predicted octanol–water partition coefficient (Wildman–Crippen LogP) is 3.56. The number of rotatable bonds is 5. The second kappa shape index (κ2) is 6.71. The van der Waals surface area contributed by atoms with E-state index in [1.54, 1.807) is 0 Å². The summed E-state index contributed by atoms with van der Waals surface area (Å²) in [5.74, 6) is 2.18. The van der Waals surface area contributed by atoms with Crippen LogP contribution in [-0.2, 0) is 0 Å². The smallest absolute Gasteiger partial charge is 0.141 e. The van der Waals surface area contributed by atoms with Crippen LogP contribution in [0.2, 0.25) is 0 Å². The van der Waals surface area contributed by atoms with Gasteiger partial charge in [-0.25, -0.2) is 4.98 Å². The monoisotopic (exact) mass is 326 g/mol. The molecule has 4 heteroatoms. The summed E-state index contributed by atoms with van der Waals surface area (Å²) in [6.45, 7) is 8.69. The van der Waals surface area contributed by atoms with Crippen LogP contribution < -0.4 is 10.1 Å². The molecule has 1 N–H and O–H groups in total. The maximum atomic E-state index is 6.27. The van der Waals surface area contributed by atoms with Gasteiger partial charge in [0.2, 0.25) is 0 Å². The van der Waals surface area contributed by atoms with Crippen molar-refractivity contribution in [2.45, 2.75) is 39.7 Å². The molecule has 2 atom stereocenters. The fourth-order valence-electron chi connectivity index (χ4n) is 2.60. The van der Waals surface area contributed by atoms with Crippen molar-refractivity contribution in [2.24, 2.45) is 11.8 Å². The van der Waals surface area contributed by atoms with Crippen LogP contribution in [0.25, 0.3) is 0 Å². The van der Waals surface area contributed by atoms with Gasteiger partial charge in [0.15, 0.2) is 0 Å². The summed E-state index contributed by atoms with van der Waals surface area (Å²) in [4.78, 5) is 4.41. The highest BCUT2D eigenvalue weighted by Crippen LogP contribution is 2.27. The summed E-state index contributed by atoms with van der Waals surface area (Å²) in [6, 6.07) is 3.96. The van der Waals surface area contributed by atoms with E-state index in [2.05, 4.69) is 40.1 Å². The van der Waals surface area contributed by atoms with Gasteiger partial charge in [0.05, 0.1) is 5.69 Å². The summed E-state index contributed by atoms with van der Waals surface area (Å²) in [7, 11) is 0. The molecule has 1 aliphatic rings. The zero-order chi connectivity index (χ0) is 13.8. The maximum Gasteiger partial charge on any atom is 0.141 e. The number of hydrogen-bond donors (Lipinski definition) is 1. The first kappa shape index (κ1) is 14.8. The van der Waals surface area contributed by atoms with Crippen molar-refractivity contribution in [2.75, 3.05) is 13.1 Å². The number of nitrogens with zero attached hydrogens (tertiary/aromatic N) is 1. The molecular formula is C15H23BrN2O. The lowest BCUT2D eigenvalue weighted by atomic mass is 9.93. The van der Waals surface area contributed by atoms with Crippen LogP contribution in [0.5, 0.6) is 5.75 Å². The fourth-order valence-corrected chi connectivity index (χ4v) is 3.00. The number of aryl methyl sites for hydroxylation is 1. The Bertz CT molecular complexity index is 417. The third kappa shape index (κ3) is 4.18. The minimum atomic E-state index is 0.289. The Kier molecular flexibility index (Phi) is 5.22. The third-order valence-electron chi connectivity index (χ3n) is 3.61. The maximum absolute atomic E-state index is 6.27. The third-order valence-corrected chi connectivity index (χ3v) is 4.05. The van der Waals surface area contributed by atoms with Crippen LogP contribution in [0.3, 0.4) is 0 Å². The highest BCUT2D eigenvalue weighted by atomic mass is 79.9. The standard InChI is InChI=1S/C15H23BrN2O/c1-10(2)8-14(12-6-7-17-9-12)19-13-4-5-15(16)18-11(13)3/h4-5,10,12,14,17H,6-9H2,1-3H3/t12-,14?/m0/s1. The van der Waals surface area contributed by atoms with Gasteiger partial charge in [-0.05, 0) is 60.3 Å². The SMILES string of the molecule is Cc1nc(Br)ccc1OC(CC(C)C)[C@H]1CCNC1. The number of ether oxygens (including phenoxy) is 1. The average Bonchev–Trinajstić information content (AvgIpc) is 2.84. The zero-order valence-electron chi connectivity index (χ0n) is 11.9. The average molecular weight is 327 g/mol. The summed E-state index contributed by atoms with van der Waals surface area (Å²) < 4.78 is 7.13. The molecule has 2 rings (SSSR count). The Morgan fingerprint density at radius 1 is 1.47 bits per heavy atom. The summed E-state index contributed by atoms with van der Waals surface area (Å²) in [6.07, 6.45) is 2.60. The number of aromatic nitrogens is 1. The van der Waals surface area contributed by atoms with E-state index in [9.17, 15) is 0 Å². The first-order valence-corrected chi connectivity index (χ1v) is 7.86. The van der Waals surface area contributed by atoms with E-state index in [-0.39, 0.29) is 6.10 Å². The van der Waals surface area contributed by atoms with Crippen molar-refractivity contribution in [3.63, 3.8) is 0 Å². The first-order valence-electron chi connectivity index (χ1n) is 7.06. The van der Waals surface area contributed by atoms with Gasteiger partial charge < -0.3 is 10.1 Å². The minimum Gasteiger partial charge on any atom is -0.488 e. The summed E-state index contributed by atoms with van der Waals surface area (Å²) >= 11 is 3.39. The van der Waals surface area contributed by atoms with Crippen molar-refractivity contribution in [1.29, 1.82) is 0 Å². The Balaban J connectivity index is 2.09. The number of halogens is 1. The van der Waals surface area contributed by atoms with E-state index in [0.717, 1.165) is 35.6 Å². The molecule has 0 radical (unpaired) electrons. The quantitative estimate of drug-likeness (QED) is 0.840. The molecule has 3 nitrogen and oxygen atoms in total. The Labute approximate surface area is 124 Å². The number of pyridine rings is 1. The molecule has 1 fully saturated rings. The molecule has 1 aliphatic heterocycles. The van der Waals surface area contributed by atoms with Gasteiger partial charge in [-0.15, -0.1) is 0 Å². The van der Waals surface area contributed by atoms with Crippen LogP contribution in [0.15, 0.2) is 16.7 Å². The van der Waals surface area contributed by atoms with Gasteiger partial charge in [-0.3, -0.25) is 0 Å². The van der Waals surface area contributed by atoms with Crippen molar-refractivity contribution < 1.29 is 4.74 Å². The van der Waals surface area contributed by atoms with Crippen LogP contribution in [0.1, 0.15) is 32.4 Å². The molecule has 106 valence electrons. The van der Waals surface area contributed by atoms with Crippen molar-refractivity contribution in [3.8, 4) is 5.75 Å². The van der Waals surface area contributed by atoms with Crippen molar-refractivity contribution in [1.82, 2.24) is 10.3 Å². The van der Waals surface area contributed by atoms with Gasteiger partial charge >= 0.3 is 0 Å². The van der Waals surface area contributed by atoms with Crippen LogP contribution in [0, 0.1) is 18.8 Å². The van der Waals surface area contributed by atoms with Crippen molar-refractivity contribution >= 4 is 15.9 Å². The largest absolute Gasteiger partial charge is 0.488 e. The van der Waals surface area contributed by atoms with Gasteiger partial charge in [0.1, 0.15) is 16.5 Å². The molecule has 1 unspecified atom stereocenters. The molecule has 0 aromatic carbocycles. The van der Waals surface area contributed by atoms with Crippen molar-refractivity contribution in [3.05, 3.63) is 22.4 Å². The Morgan fingerprint density at radius 3 is 2.84 bits per heavy atom. The van der Waals surface area contributed by atoms with E-state index in [1.807, 2.05) is 19.1 Å². The van der Waals surface area contributed by atoms with Crippen LogP contribution in [-0.4, -0.2) is 24.2 Å². The molecule has 0 aliphatic carbocycles. The molecule has 0 saturated carbocycles. The van der Waals surface area contributed by atoms with Gasteiger partial charge in [0.25, 0.3) is 0 Å². The topological polar surface area (TPSA) is 34.1 Å². The zero-order valence-corrected chi connectivity index (χ0v) is 13.5. The normalized spacial score (nSPS) is 20.8. The Morgan fingerprint density at radius 2 is 2.26 bits per heavy atom. The molecular weight excluding hydrogens is 304 g/mol. The van der Waals surface area contributed by atoms with Crippen LogP contribution >= 0.6 is 15.9 Å². The molecule has 1 aromatic heterocycles. The summed E-state index contributed by atoms with van der Waals surface area (Å²) in [5, 5.41) is 3.43. The molecule has 2 heterocycles. The molecule has 0 amide bonds. The molecule has 1 aromatic rings. The second-order valence-corrected chi connectivity index (χ2v) is 6.57. The fraction of sp³-hybridized carbons (Fsp3) is 0.667. The lowest BCUT2D eigenvalue weighted by Gasteiger charge is -2.26. The van der Waals surface area contributed by atoms with E-state index in [1.165, 1.54) is 6.42 Å². The van der Waals surface area contributed by atoms with E-state index < -0.39 is 0 Å². The molecule has 19 heavy (non-hydrogen) atoms. The van der Waals surface area contributed by atoms with Gasteiger partial charge in [0, 0.05) is 12.5 Å². The highest BCUT2D eigenvalue weighted by molar-refractivity contribution is 9.10. The van der Waals surface area contributed by atoms with E-state index >= 15 is 0 Å². The van der Waals surface area contributed by atoms with Gasteiger partial charge in [-0.2, -0.15) is 0 Å². The lowest BCUT2D eigenvalue weighted by molar-refractivity contribution is 0.118. The highest BCUT2D eigenvalue weighted by Gasteiger charge is 2.27. The van der Waals surface area contributed by atoms with E-state index in [4.69, 9.17) is 4.74 Å². The second-order valence-electron chi connectivity index (χ2n) is 5.76. The molecule has 1 saturated heterocycles. The summed E-state index contributed by atoms with van der Waals surface area (Å²) in [5.41, 5.74) is 0.953. The lowest BCUT2D eigenvalue weighted by Crippen LogP contribution is -2.30. The number of nitrogens with one attached hydrogen (secondary N) is 1. The molecule has 0 spiro atoms. The minimum absolute atomic E-state index is 0.289. The number of hydrogen-bond acceptors (Lipinski definition) is 3. The van der Waals surface area contributed by atoms with Crippen LogP contribution in [0.4, 0.5) is 0 Å². The Hall–Kier alpha value is -0.610. The van der Waals surface area contributed by atoms with E-state index in [0.29, 0.717) is 11.8 Å².